The lowest BCUT2D eigenvalue weighted by atomic mass is 10.2. The van der Waals surface area contributed by atoms with Crippen LogP contribution in [0.25, 0.3) is 11.0 Å². The minimum absolute atomic E-state index is 0.0648. The fourth-order valence-corrected chi connectivity index (χ4v) is 3.75. The molecule has 1 atom stereocenters. The van der Waals surface area contributed by atoms with Gasteiger partial charge in [-0.15, -0.1) is 11.8 Å². The van der Waals surface area contributed by atoms with Crippen molar-refractivity contribution in [1.29, 1.82) is 0 Å². The Morgan fingerprint density at radius 2 is 2.36 bits per heavy atom. The van der Waals surface area contributed by atoms with E-state index in [1.54, 1.807) is 6.20 Å². The molecule has 2 aromatic heterocycles. The van der Waals surface area contributed by atoms with Crippen LogP contribution >= 0.6 is 11.8 Å². The number of hydrogen-bond donors (Lipinski definition) is 4. The van der Waals surface area contributed by atoms with E-state index in [1.807, 2.05) is 25.4 Å². The summed E-state index contributed by atoms with van der Waals surface area (Å²) in [4.78, 5) is 21.4. The van der Waals surface area contributed by atoms with Crippen LogP contribution in [0.15, 0.2) is 29.6 Å². The number of nitrogens with one attached hydrogen (secondary N) is 2. The number of aryl methyl sites for hydroxylation is 1. The van der Waals surface area contributed by atoms with Crippen LogP contribution in [0.3, 0.4) is 0 Å². The second-order valence-electron chi connectivity index (χ2n) is 6.07. The van der Waals surface area contributed by atoms with Gasteiger partial charge in [-0.25, -0.2) is 4.98 Å². The predicted octanol–water partition coefficient (Wildman–Crippen LogP) is 1.09. The van der Waals surface area contributed by atoms with Gasteiger partial charge in [0.05, 0.1) is 16.7 Å². The Kier molecular flexibility index (Phi) is 5.62. The molecule has 1 unspecified atom stereocenters. The van der Waals surface area contributed by atoms with Crippen molar-refractivity contribution < 1.29 is 9.90 Å². The van der Waals surface area contributed by atoms with Crippen molar-refractivity contribution in [1.82, 2.24) is 15.3 Å². The summed E-state index contributed by atoms with van der Waals surface area (Å²) in [7, 11) is 0. The van der Waals surface area contributed by atoms with Gasteiger partial charge < -0.3 is 26.0 Å². The first kappa shape index (κ1) is 17.8. The van der Waals surface area contributed by atoms with E-state index in [2.05, 4.69) is 20.2 Å². The summed E-state index contributed by atoms with van der Waals surface area (Å²) < 4.78 is 0. The molecular weight excluding hydrogens is 338 g/mol. The minimum atomic E-state index is -0.370. The van der Waals surface area contributed by atoms with Crippen LogP contribution in [0.2, 0.25) is 0 Å². The second-order valence-corrected chi connectivity index (χ2v) is 7.21. The Hall–Kier alpha value is -2.03. The van der Waals surface area contributed by atoms with Crippen molar-refractivity contribution in [3.05, 3.63) is 35.1 Å². The first-order valence-corrected chi connectivity index (χ1v) is 9.27. The average molecular weight is 361 g/mol. The topological polar surface area (TPSA) is 107 Å². The number of amides is 1. The summed E-state index contributed by atoms with van der Waals surface area (Å²) >= 11 is 1.50. The maximum Gasteiger partial charge on any atom is 0.256 e. The number of carbonyl (C=O) groups is 1. The molecule has 1 amide bonds. The molecule has 1 fully saturated rings. The zero-order chi connectivity index (χ0) is 17.8. The van der Waals surface area contributed by atoms with Crippen molar-refractivity contribution in [2.75, 3.05) is 30.3 Å². The Morgan fingerprint density at radius 1 is 1.52 bits per heavy atom. The van der Waals surface area contributed by atoms with Gasteiger partial charge in [0.1, 0.15) is 5.65 Å². The van der Waals surface area contributed by atoms with Gasteiger partial charge in [-0.05, 0) is 31.5 Å². The number of nitrogens with two attached hydrogens (primary N) is 1. The molecule has 0 aromatic carbocycles. The number of aliphatic hydroxyl groups excluding tert-OH is 1. The normalized spacial score (nSPS) is 20.2. The number of hydrogen-bond acceptors (Lipinski definition) is 6. The summed E-state index contributed by atoms with van der Waals surface area (Å²) in [6.45, 7) is 4.67. The zero-order valence-corrected chi connectivity index (χ0v) is 15.0. The van der Waals surface area contributed by atoms with Gasteiger partial charge in [0, 0.05) is 42.8 Å². The fourth-order valence-electron chi connectivity index (χ4n) is 2.90. The summed E-state index contributed by atoms with van der Waals surface area (Å²) in [5, 5.41) is 12.8. The number of aromatic nitrogens is 2. The lowest BCUT2D eigenvalue weighted by molar-refractivity contribution is -0.113. The Labute approximate surface area is 150 Å². The van der Waals surface area contributed by atoms with Gasteiger partial charge in [-0.1, -0.05) is 0 Å². The van der Waals surface area contributed by atoms with Crippen LogP contribution in [0, 0.1) is 6.92 Å². The second kappa shape index (κ2) is 7.90. The monoisotopic (exact) mass is 361 g/mol. The maximum atomic E-state index is 11.3. The van der Waals surface area contributed by atoms with Crippen molar-refractivity contribution in [2.24, 2.45) is 5.73 Å². The Balaban J connectivity index is 0.000000258. The lowest BCUT2D eigenvalue weighted by Crippen LogP contribution is -2.27. The van der Waals surface area contributed by atoms with E-state index in [9.17, 15) is 4.79 Å². The van der Waals surface area contributed by atoms with Crippen LogP contribution in [0.1, 0.15) is 12.0 Å². The highest BCUT2D eigenvalue weighted by Gasteiger charge is 2.18. The van der Waals surface area contributed by atoms with Gasteiger partial charge in [-0.3, -0.25) is 4.79 Å². The molecule has 4 rings (SSSR count). The van der Waals surface area contributed by atoms with Crippen molar-refractivity contribution >= 4 is 34.4 Å². The first-order valence-electron chi connectivity index (χ1n) is 8.29. The molecule has 0 aliphatic carbocycles. The lowest BCUT2D eigenvalue weighted by Gasteiger charge is -2.26. The predicted molar refractivity (Wildman–Crippen MR) is 101 cm³/mol. The highest BCUT2D eigenvalue weighted by atomic mass is 32.2. The van der Waals surface area contributed by atoms with E-state index in [-0.39, 0.29) is 12.0 Å². The number of nitrogens with zero attached hydrogens (tertiary/aromatic N) is 2. The summed E-state index contributed by atoms with van der Waals surface area (Å²) in [6.07, 6.45) is 6.41. The molecule has 2 aromatic rings. The number of carbonyl (C=O) groups excluding carboxylic acids is 1. The van der Waals surface area contributed by atoms with E-state index >= 15 is 0 Å². The van der Waals surface area contributed by atoms with E-state index in [4.69, 9.17) is 10.8 Å². The third-order valence-corrected chi connectivity index (χ3v) is 5.20. The molecule has 0 bridgehead atoms. The molecule has 0 saturated carbocycles. The van der Waals surface area contributed by atoms with E-state index < -0.39 is 0 Å². The number of aliphatic hydroxyl groups is 1. The smallest absolute Gasteiger partial charge is 0.256 e. The number of pyridine rings is 1. The average Bonchev–Trinajstić information content (AvgIpc) is 3.25. The molecule has 0 radical (unpaired) electrons. The Morgan fingerprint density at radius 3 is 3.00 bits per heavy atom. The van der Waals surface area contributed by atoms with Crippen LogP contribution in [0.5, 0.6) is 0 Å². The van der Waals surface area contributed by atoms with Gasteiger partial charge in [0.25, 0.3) is 5.91 Å². The van der Waals surface area contributed by atoms with Gasteiger partial charge in [-0.2, -0.15) is 0 Å². The van der Waals surface area contributed by atoms with Crippen LogP contribution in [-0.2, 0) is 4.79 Å². The van der Waals surface area contributed by atoms with E-state index in [0.717, 1.165) is 54.1 Å². The number of primary amides is 1. The van der Waals surface area contributed by atoms with Gasteiger partial charge >= 0.3 is 0 Å². The number of thioether (sulfide) groups is 1. The molecule has 1 saturated heterocycles. The largest absolute Gasteiger partial charge is 0.392 e. The molecule has 7 nitrogen and oxygen atoms in total. The molecule has 4 heterocycles. The first-order chi connectivity index (χ1) is 12.1. The highest BCUT2D eigenvalue weighted by molar-refractivity contribution is 8.04. The van der Waals surface area contributed by atoms with E-state index in [0.29, 0.717) is 4.91 Å². The fraction of sp³-hybridized carbons (Fsp3) is 0.412. The molecular formula is C17H23N5O2S. The van der Waals surface area contributed by atoms with Gasteiger partial charge in [0.15, 0.2) is 0 Å². The number of H-pyrrole nitrogens is 1. The molecule has 134 valence electrons. The summed E-state index contributed by atoms with van der Waals surface area (Å²) in [5.41, 5.74) is 8.42. The summed E-state index contributed by atoms with van der Waals surface area (Å²) in [6, 6.07) is 1.97. The molecule has 5 N–H and O–H groups in total. The van der Waals surface area contributed by atoms with Gasteiger partial charge in [0.2, 0.25) is 0 Å². The quantitative estimate of drug-likeness (QED) is 0.638. The number of rotatable bonds is 2. The standard InChI is InChI=1S/C13H14N4OS.C4H9NO/c1-8-6-16-13-11(8)9(2-3-15-13)17-4-5-19-10(7-17)12(14)18;6-4-1-2-5-3-4/h2-3,6-7H,4-5H2,1H3,(H2,14,18)(H,15,16);4-6H,1-3H2. The molecule has 25 heavy (non-hydrogen) atoms. The third kappa shape index (κ3) is 4.15. The number of anilines is 1. The number of fused-ring (bicyclic) bond motifs is 1. The maximum absolute atomic E-state index is 11.3. The molecule has 2 aliphatic heterocycles. The van der Waals surface area contributed by atoms with Crippen molar-refractivity contribution in [3.63, 3.8) is 0 Å². The minimum Gasteiger partial charge on any atom is -0.392 e. The molecule has 0 spiro atoms. The van der Waals surface area contributed by atoms with Crippen LogP contribution in [-0.4, -0.2) is 52.5 Å². The SMILES string of the molecule is Cc1c[nH]c2nccc(N3C=C(C(N)=O)SCC3)c12.OC1CCNC1. The highest BCUT2D eigenvalue weighted by Crippen LogP contribution is 2.32. The third-order valence-electron chi connectivity index (χ3n) is 4.20. The summed E-state index contributed by atoms with van der Waals surface area (Å²) in [5.74, 6) is 0.480. The molecule has 2 aliphatic rings. The van der Waals surface area contributed by atoms with Crippen LogP contribution in [0.4, 0.5) is 5.69 Å². The zero-order valence-electron chi connectivity index (χ0n) is 14.2. The Bertz CT molecular complexity index is 782. The number of aromatic amines is 1. The molecule has 8 heteroatoms. The van der Waals surface area contributed by atoms with Crippen molar-refractivity contribution in [2.45, 2.75) is 19.4 Å². The van der Waals surface area contributed by atoms with E-state index in [1.165, 1.54) is 11.8 Å². The van der Waals surface area contributed by atoms with Crippen LogP contribution < -0.4 is 16.0 Å². The number of β-amino-alcohol motifs (C(OH)–C–C–N with tert-alkyl or cyclic N) is 1. The van der Waals surface area contributed by atoms with Crippen molar-refractivity contribution in [3.8, 4) is 0 Å².